The van der Waals surface area contributed by atoms with Crippen molar-refractivity contribution < 1.29 is 4.74 Å². The zero-order valence-corrected chi connectivity index (χ0v) is 17.9. The third-order valence-corrected chi connectivity index (χ3v) is 4.71. The minimum absolute atomic E-state index is 0.186. The number of benzene rings is 2. The molecule has 0 radical (unpaired) electrons. The third-order valence-electron chi connectivity index (χ3n) is 4.71. The van der Waals surface area contributed by atoms with Crippen molar-refractivity contribution in [3.05, 3.63) is 83.7 Å². The molecule has 3 rings (SSSR count). The fourth-order valence-corrected chi connectivity index (χ4v) is 3.21. The lowest BCUT2D eigenvalue weighted by atomic mass is 10.0. The molecule has 158 valence electrons. The Morgan fingerprint density at radius 3 is 2.57 bits per heavy atom. The molecule has 2 aromatic carbocycles. The van der Waals surface area contributed by atoms with E-state index in [-0.39, 0.29) is 11.6 Å². The molecule has 0 aliphatic rings. The van der Waals surface area contributed by atoms with Gasteiger partial charge >= 0.3 is 0 Å². The van der Waals surface area contributed by atoms with Crippen LogP contribution in [0, 0.1) is 0 Å². The first-order valence-corrected chi connectivity index (χ1v) is 10.1. The fourth-order valence-electron chi connectivity index (χ4n) is 3.21. The molecule has 0 saturated carbocycles. The summed E-state index contributed by atoms with van der Waals surface area (Å²) in [5, 5.41) is 16.2. The second-order valence-corrected chi connectivity index (χ2v) is 8.13. The first kappa shape index (κ1) is 21.7. The van der Waals surface area contributed by atoms with Crippen LogP contribution in [0.25, 0.3) is 0 Å². The molecule has 0 saturated heterocycles. The number of aromatic nitrogens is 4. The lowest BCUT2D eigenvalue weighted by molar-refractivity contribution is 0.325. The second-order valence-electron chi connectivity index (χ2n) is 8.13. The molecule has 0 fully saturated rings. The van der Waals surface area contributed by atoms with Gasteiger partial charge in [-0.2, -0.15) is 0 Å². The summed E-state index contributed by atoms with van der Waals surface area (Å²) < 4.78 is 7.48. The van der Waals surface area contributed by atoms with E-state index >= 15 is 0 Å². The van der Waals surface area contributed by atoms with Crippen LogP contribution in [0.3, 0.4) is 0 Å². The van der Waals surface area contributed by atoms with E-state index in [1.54, 1.807) is 6.08 Å². The van der Waals surface area contributed by atoms with Crippen LogP contribution in [-0.4, -0.2) is 26.8 Å². The van der Waals surface area contributed by atoms with Gasteiger partial charge in [-0.05, 0) is 60.0 Å². The highest BCUT2D eigenvalue weighted by Gasteiger charge is 2.26. The number of hydrogen-bond acceptors (Lipinski definition) is 6. The average molecular weight is 407 g/mol. The normalized spacial score (nSPS) is 12.5. The van der Waals surface area contributed by atoms with Gasteiger partial charge in [-0.15, -0.1) is 5.10 Å². The molecule has 0 amide bonds. The SMILES string of the molecule is C=CCOc1ccc(C(NCc2cccc(CN)c2)c2nnnn2C(C)(C)C)cc1. The zero-order valence-electron chi connectivity index (χ0n) is 17.9. The lowest BCUT2D eigenvalue weighted by Gasteiger charge is -2.25. The van der Waals surface area contributed by atoms with Crippen molar-refractivity contribution in [3.8, 4) is 5.75 Å². The monoisotopic (exact) mass is 406 g/mol. The molecule has 0 spiro atoms. The van der Waals surface area contributed by atoms with Gasteiger partial charge in [-0.25, -0.2) is 4.68 Å². The molecule has 3 aromatic rings. The van der Waals surface area contributed by atoms with E-state index in [1.807, 2.05) is 41.1 Å². The van der Waals surface area contributed by atoms with E-state index in [2.05, 4.69) is 60.3 Å². The predicted octanol–water partition coefficient (Wildman–Crippen LogP) is 3.33. The molecule has 0 bridgehead atoms. The van der Waals surface area contributed by atoms with Crippen LogP contribution >= 0.6 is 0 Å². The van der Waals surface area contributed by atoms with Crippen LogP contribution in [0.15, 0.2) is 61.2 Å². The molecular formula is C23H30N6O. The van der Waals surface area contributed by atoms with Crippen molar-refractivity contribution in [1.82, 2.24) is 25.5 Å². The van der Waals surface area contributed by atoms with Gasteiger partial charge in [0.2, 0.25) is 0 Å². The van der Waals surface area contributed by atoms with Crippen LogP contribution in [-0.2, 0) is 18.6 Å². The van der Waals surface area contributed by atoms with Crippen LogP contribution in [0.4, 0.5) is 0 Å². The molecule has 1 aromatic heterocycles. The quantitative estimate of drug-likeness (QED) is 0.530. The largest absolute Gasteiger partial charge is 0.490 e. The van der Waals surface area contributed by atoms with Crippen molar-refractivity contribution in [2.75, 3.05) is 6.61 Å². The van der Waals surface area contributed by atoms with Gasteiger partial charge in [-0.3, -0.25) is 5.32 Å². The fraction of sp³-hybridized carbons (Fsp3) is 0.348. The summed E-state index contributed by atoms with van der Waals surface area (Å²) in [6.45, 7) is 11.6. The van der Waals surface area contributed by atoms with Crippen molar-refractivity contribution in [2.24, 2.45) is 5.73 Å². The minimum Gasteiger partial charge on any atom is -0.490 e. The summed E-state index contributed by atoms with van der Waals surface area (Å²) in [6, 6.07) is 16.0. The lowest BCUT2D eigenvalue weighted by Crippen LogP contribution is -2.32. The molecule has 0 aliphatic heterocycles. The predicted molar refractivity (Wildman–Crippen MR) is 118 cm³/mol. The van der Waals surface area contributed by atoms with Gasteiger partial charge in [0.1, 0.15) is 12.4 Å². The molecule has 30 heavy (non-hydrogen) atoms. The van der Waals surface area contributed by atoms with Gasteiger partial charge in [0, 0.05) is 13.1 Å². The number of nitrogens with zero attached hydrogens (tertiary/aromatic N) is 4. The molecule has 1 unspecified atom stereocenters. The van der Waals surface area contributed by atoms with E-state index in [1.165, 1.54) is 0 Å². The van der Waals surface area contributed by atoms with Gasteiger partial charge in [-0.1, -0.05) is 49.1 Å². The van der Waals surface area contributed by atoms with E-state index in [0.717, 1.165) is 28.3 Å². The van der Waals surface area contributed by atoms with Gasteiger partial charge < -0.3 is 10.5 Å². The van der Waals surface area contributed by atoms with Crippen molar-refractivity contribution in [3.63, 3.8) is 0 Å². The number of tetrazole rings is 1. The summed E-state index contributed by atoms with van der Waals surface area (Å²) in [5.41, 5.74) is 8.86. The number of hydrogen-bond donors (Lipinski definition) is 2. The smallest absolute Gasteiger partial charge is 0.173 e. The maximum absolute atomic E-state index is 5.79. The Kier molecular flexibility index (Phi) is 6.97. The molecular weight excluding hydrogens is 376 g/mol. The van der Waals surface area contributed by atoms with E-state index in [4.69, 9.17) is 10.5 Å². The highest BCUT2D eigenvalue weighted by molar-refractivity contribution is 5.32. The number of nitrogens with two attached hydrogens (primary N) is 1. The van der Waals surface area contributed by atoms with Crippen molar-refractivity contribution in [1.29, 1.82) is 0 Å². The maximum atomic E-state index is 5.79. The first-order valence-electron chi connectivity index (χ1n) is 10.1. The number of nitrogens with one attached hydrogen (secondary N) is 1. The Morgan fingerprint density at radius 2 is 1.90 bits per heavy atom. The maximum Gasteiger partial charge on any atom is 0.173 e. The summed E-state index contributed by atoms with van der Waals surface area (Å²) in [7, 11) is 0. The second kappa shape index (κ2) is 9.65. The van der Waals surface area contributed by atoms with Crippen LogP contribution in [0.2, 0.25) is 0 Å². The molecule has 1 atom stereocenters. The van der Waals surface area contributed by atoms with Gasteiger partial charge in [0.25, 0.3) is 0 Å². The zero-order chi connectivity index (χ0) is 21.6. The molecule has 7 nitrogen and oxygen atoms in total. The highest BCUT2D eigenvalue weighted by Crippen LogP contribution is 2.26. The third kappa shape index (κ3) is 5.31. The number of ether oxygens (including phenoxy) is 1. The summed E-state index contributed by atoms with van der Waals surface area (Å²) in [5.74, 6) is 1.56. The Balaban J connectivity index is 1.90. The van der Waals surface area contributed by atoms with Crippen LogP contribution < -0.4 is 15.8 Å². The standard InChI is InChI=1S/C23H30N6O/c1-5-13-30-20-11-9-19(10-12-20)21(22-26-27-28-29(22)23(2,3)4)25-16-18-8-6-7-17(14-18)15-24/h5-12,14,21,25H,1,13,15-16,24H2,2-4H3. The Morgan fingerprint density at radius 1 is 1.17 bits per heavy atom. The van der Waals surface area contributed by atoms with Crippen molar-refractivity contribution in [2.45, 2.75) is 45.4 Å². The topological polar surface area (TPSA) is 90.9 Å². The highest BCUT2D eigenvalue weighted by atomic mass is 16.5. The van der Waals surface area contributed by atoms with Gasteiger partial charge in [0.15, 0.2) is 5.82 Å². The van der Waals surface area contributed by atoms with Gasteiger partial charge in [0.05, 0.1) is 11.6 Å². The molecule has 7 heteroatoms. The van der Waals surface area contributed by atoms with E-state index in [9.17, 15) is 0 Å². The summed E-state index contributed by atoms with van der Waals surface area (Å²) in [6.07, 6.45) is 1.73. The van der Waals surface area contributed by atoms with Crippen molar-refractivity contribution >= 4 is 0 Å². The first-order chi connectivity index (χ1) is 14.4. The molecule has 3 N–H and O–H groups in total. The van der Waals surface area contributed by atoms with Crippen LogP contribution in [0.5, 0.6) is 5.75 Å². The Hall–Kier alpha value is -3.03. The van der Waals surface area contributed by atoms with Crippen LogP contribution in [0.1, 0.15) is 49.3 Å². The summed E-state index contributed by atoms with van der Waals surface area (Å²) >= 11 is 0. The Bertz CT molecular complexity index is 958. The molecule has 0 aliphatic carbocycles. The van der Waals surface area contributed by atoms with E-state index in [0.29, 0.717) is 19.7 Å². The van der Waals surface area contributed by atoms with E-state index < -0.39 is 0 Å². The minimum atomic E-state index is -0.245. The average Bonchev–Trinajstić information content (AvgIpc) is 3.24. The summed E-state index contributed by atoms with van der Waals surface area (Å²) in [4.78, 5) is 0. The molecule has 1 heterocycles. The number of rotatable bonds is 9. The Labute approximate surface area is 177 Å².